The summed E-state index contributed by atoms with van der Waals surface area (Å²) >= 11 is 0. The van der Waals surface area contributed by atoms with Crippen molar-refractivity contribution in [3.63, 3.8) is 0 Å². The molecule has 0 bridgehead atoms. The van der Waals surface area contributed by atoms with Gasteiger partial charge in [-0.3, -0.25) is 4.79 Å². The van der Waals surface area contributed by atoms with Crippen LogP contribution in [0.1, 0.15) is 26.2 Å². The number of ketones is 1. The van der Waals surface area contributed by atoms with Gasteiger partial charge in [0.1, 0.15) is 0 Å². The molecule has 0 radical (unpaired) electrons. The fourth-order valence-electron chi connectivity index (χ4n) is 0.786. The lowest BCUT2D eigenvalue weighted by Gasteiger charge is -1.95. The maximum atomic E-state index is 11.0. The first kappa shape index (κ1) is 10.9. The van der Waals surface area contributed by atoms with Crippen LogP contribution in [-0.2, 0) is 4.79 Å². The molecule has 0 aliphatic carbocycles. The van der Waals surface area contributed by atoms with E-state index in [9.17, 15) is 4.79 Å². The van der Waals surface area contributed by atoms with Gasteiger partial charge in [-0.2, -0.15) is 0 Å². The Bertz CT molecular complexity index is 199. The third-order valence-corrected chi connectivity index (χ3v) is 1.52. The Morgan fingerprint density at radius 2 is 2.17 bits per heavy atom. The highest BCUT2D eigenvalue weighted by atomic mass is 16.1. The summed E-state index contributed by atoms with van der Waals surface area (Å²) in [6.07, 6.45) is 8.09. The lowest BCUT2D eigenvalue weighted by molar-refractivity contribution is -0.115. The third kappa shape index (κ3) is 5.66. The number of carbonyl (C=O) groups excluding carboxylic acids is 1. The van der Waals surface area contributed by atoms with Crippen LogP contribution in [0.2, 0.25) is 0 Å². The van der Waals surface area contributed by atoms with E-state index in [-0.39, 0.29) is 5.78 Å². The highest BCUT2D eigenvalue weighted by Gasteiger charge is 1.99. The molecule has 0 N–H and O–H groups in total. The maximum absolute atomic E-state index is 11.0. The van der Waals surface area contributed by atoms with Crippen molar-refractivity contribution in [1.82, 2.24) is 0 Å². The molecule has 1 heteroatoms. The molecule has 12 heavy (non-hydrogen) atoms. The van der Waals surface area contributed by atoms with Gasteiger partial charge in [-0.15, -0.1) is 0 Å². The van der Waals surface area contributed by atoms with Gasteiger partial charge in [-0.25, -0.2) is 0 Å². The van der Waals surface area contributed by atoms with Crippen molar-refractivity contribution in [3.8, 4) is 0 Å². The minimum atomic E-state index is 0.169. The standard InChI is InChI=1S/C11H16O/c1-4-5-6-7-8-9-11(12)10(2)3/h4-6H,1-2,7-9H2,3H3/b6-5-. The van der Waals surface area contributed by atoms with Crippen molar-refractivity contribution >= 4 is 5.78 Å². The molecule has 0 spiro atoms. The van der Waals surface area contributed by atoms with Crippen LogP contribution in [0.3, 0.4) is 0 Å². The zero-order chi connectivity index (χ0) is 9.40. The van der Waals surface area contributed by atoms with E-state index in [1.807, 2.05) is 12.2 Å². The number of hydrogen-bond donors (Lipinski definition) is 0. The number of Topliss-reactive ketones (excluding diaryl/α,β-unsaturated/α-hetero) is 1. The average Bonchev–Trinajstić information content (AvgIpc) is 2.03. The number of unbranched alkanes of at least 4 members (excludes halogenated alkanes) is 1. The van der Waals surface area contributed by atoms with E-state index < -0.39 is 0 Å². The van der Waals surface area contributed by atoms with Gasteiger partial charge < -0.3 is 0 Å². The first-order valence-electron chi connectivity index (χ1n) is 4.14. The second-order valence-corrected chi connectivity index (χ2v) is 2.76. The minimum Gasteiger partial charge on any atom is -0.295 e. The highest BCUT2D eigenvalue weighted by Crippen LogP contribution is 2.02. The van der Waals surface area contributed by atoms with Crippen LogP contribution in [0.5, 0.6) is 0 Å². The quantitative estimate of drug-likeness (QED) is 0.335. The summed E-state index contributed by atoms with van der Waals surface area (Å²) in [6.45, 7) is 8.89. The predicted octanol–water partition coefficient (Wildman–Crippen LogP) is 3.04. The average molecular weight is 164 g/mol. The van der Waals surface area contributed by atoms with Crippen LogP contribution < -0.4 is 0 Å². The zero-order valence-corrected chi connectivity index (χ0v) is 7.68. The molecule has 0 atom stereocenters. The van der Waals surface area contributed by atoms with E-state index in [4.69, 9.17) is 0 Å². The summed E-state index contributed by atoms with van der Waals surface area (Å²) in [5.41, 5.74) is 0.655. The monoisotopic (exact) mass is 164 g/mol. The number of rotatable bonds is 6. The predicted molar refractivity (Wildman–Crippen MR) is 53.0 cm³/mol. The van der Waals surface area contributed by atoms with Crippen LogP contribution >= 0.6 is 0 Å². The molecule has 0 rings (SSSR count). The van der Waals surface area contributed by atoms with Crippen molar-refractivity contribution in [2.45, 2.75) is 26.2 Å². The molecule has 0 saturated heterocycles. The fraction of sp³-hybridized carbons (Fsp3) is 0.364. The second-order valence-electron chi connectivity index (χ2n) is 2.76. The van der Waals surface area contributed by atoms with Gasteiger partial charge in [0.15, 0.2) is 5.78 Å². The largest absolute Gasteiger partial charge is 0.295 e. The molecule has 0 saturated carbocycles. The van der Waals surface area contributed by atoms with Crippen LogP contribution in [0.25, 0.3) is 0 Å². The van der Waals surface area contributed by atoms with E-state index in [2.05, 4.69) is 13.2 Å². The second kappa shape index (κ2) is 6.59. The molecule has 0 amide bonds. The van der Waals surface area contributed by atoms with Crippen LogP contribution in [0, 0.1) is 0 Å². The Morgan fingerprint density at radius 3 is 2.67 bits per heavy atom. The van der Waals surface area contributed by atoms with Crippen molar-refractivity contribution in [2.24, 2.45) is 0 Å². The van der Waals surface area contributed by atoms with Crippen LogP contribution in [-0.4, -0.2) is 5.78 Å². The molecule has 1 nitrogen and oxygen atoms in total. The topological polar surface area (TPSA) is 17.1 Å². The summed E-state index contributed by atoms with van der Waals surface area (Å²) in [4.78, 5) is 11.0. The van der Waals surface area contributed by atoms with Gasteiger partial charge in [0, 0.05) is 6.42 Å². The molecular weight excluding hydrogens is 148 g/mol. The molecule has 0 aliphatic rings. The summed E-state index contributed by atoms with van der Waals surface area (Å²) in [5, 5.41) is 0. The van der Waals surface area contributed by atoms with E-state index in [1.54, 1.807) is 13.0 Å². The first-order valence-corrected chi connectivity index (χ1v) is 4.14. The van der Waals surface area contributed by atoms with Crippen molar-refractivity contribution in [1.29, 1.82) is 0 Å². The van der Waals surface area contributed by atoms with Gasteiger partial charge in [0.05, 0.1) is 0 Å². The van der Waals surface area contributed by atoms with E-state index >= 15 is 0 Å². The van der Waals surface area contributed by atoms with Crippen LogP contribution in [0.15, 0.2) is 37.0 Å². The van der Waals surface area contributed by atoms with Gasteiger partial charge in [-0.05, 0) is 25.3 Å². The zero-order valence-electron chi connectivity index (χ0n) is 7.68. The molecule has 0 aliphatic heterocycles. The Morgan fingerprint density at radius 1 is 1.50 bits per heavy atom. The molecule has 0 aromatic carbocycles. The summed E-state index contributed by atoms with van der Waals surface area (Å²) in [6, 6.07) is 0. The molecule has 0 fully saturated rings. The maximum Gasteiger partial charge on any atom is 0.157 e. The van der Waals surface area contributed by atoms with Gasteiger partial charge in [0.25, 0.3) is 0 Å². The molecule has 0 heterocycles. The highest BCUT2D eigenvalue weighted by molar-refractivity contribution is 5.93. The number of carbonyl (C=O) groups is 1. The number of allylic oxidation sites excluding steroid dienone is 4. The SMILES string of the molecule is C=C/C=C\CCCC(=O)C(=C)C. The van der Waals surface area contributed by atoms with Gasteiger partial charge >= 0.3 is 0 Å². The first-order chi connectivity index (χ1) is 5.68. The Kier molecular flexibility index (Phi) is 5.98. The third-order valence-electron chi connectivity index (χ3n) is 1.52. The fourth-order valence-corrected chi connectivity index (χ4v) is 0.786. The molecular formula is C11H16O. The Hall–Kier alpha value is -1.11. The van der Waals surface area contributed by atoms with E-state index in [0.29, 0.717) is 12.0 Å². The summed E-state index contributed by atoms with van der Waals surface area (Å²) < 4.78 is 0. The minimum absolute atomic E-state index is 0.169. The normalized spacial score (nSPS) is 10.1. The number of hydrogen-bond acceptors (Lipinski definition) is 1. The lowest BCUT2D eigenvalue weighted by Crippen LogP contribution is -1.96. The van der Waals surface area contributed by atoms with E-state index in [0.717, 1.165) is 12.8 Å². The Labute approximate surface area is 74.5 Å². The summed E-state index contributed by atoms with van der Waals surface area (Å²) in [7, 11) is 0. The Balaban J connectivity index is 3.44. The van der Waals surface area contributed by atoms with E-state index in [1.165, 1.54) is 0 Å². The molecule has 0 unspecified atom stereocenters. The molecule has 66 valence electrons. The molecule has 0 aromatic rings. The van der Waals surface area contributed by atoms with Gasteiger partial charge in [-0.1, -0.05) is 31.4 Å². The summed E-state index contributed by atoms with van der Waals surface area (Å²) in [5.74, 6) is 0.169. The van der Waals surface area contributed by atoms with Crippen molar-refractivity contribution in [3.05, 3.63) is 37.0 Å². The smallest absolute Gasteiger partial charge is 0.157 e. The van der Waals surface area contributed by atoms with Crippen molar-refractivity contribution in [2.75, 3.05) is 0 Å². The van der Waals surface area contributed by atoms with Crippen LogP contribution in [0.4, 0.5) is 0 Å². The lowest BCUT2D eigenvalue weighted by atomic mass is 10.1. The van der Waals surface area contributed by atoms with Crippen molar-refractivity contribution < 1.29 is 4.79 Å². The van der Waals surface area contributed by atoms with Gasteiger partial charge in [0.2, 0.25) is 0 Å². The molecule has 0 aromatic heterocycles.